The minimum absolute atomic E-state index is 0.172. The molecule has 0 heterocycles. The predicted molar refractivity (Wildman–Crippen MR) is 89.1 cm³/mol. The average Bonchev–Trinajstić information content (AvgIpc) is 2.34. The Labute approximate surface area is 132 Å². The summed E-state index contributed by atoms with van der Waals surface area (Å²) in [5.41, 5.74) is 0. The number of hydrogen-bond donors (Lipinski definition) is 1. The van der Waals surface area contributed by atoms with Crippen LogP contribution in [-0.2, 0) is 0 Å². The van der Waals surface area contributed by atoms with Gasteiger partial charge in [0.2, 0.25) is 0 Å². The lowest BCUT2D eigenvalue weighted by atomic mass is 10.5. The lowest BCUT2D eigenvalue weighted by Crippen LogP contribution is -2.13. The maximum Gasteiger partial charge on any atom is 0.0521 e. The average molecular weight is 358 g/mol. The Hall–Kier alpha value is 1.88. The van der Waals surface area contributed by atoms with Crippen LogP contribution in [0.2, 0.25) is 0 Å². The monoisotopic (exact) mass is 356 g/mol. The molecule has 0 aliphatic heterocycles. The van der Waals surface area contributed by atoms with Crippen LogP contribution in [-0.4, -0.2) is 62.9 Å². The van der Waals surface area contributed by atoms with E-state index in [1.807, 2.05) is 23.5 Å². The number of aliphatic hydroxyl groups excluding tert-OH is 1. The smallest absolute Gasteiger partial charge is 0.0521 e. The minimum Gasteiger partial charge on any atom is -0.396 e. The molecule has 104 valence electrons. The van der Waals surface area contributed by atoms with Crippen LogP contribution >= 0.6 is 70.1 Å². The van der Waals surface area contributed by atoms with Crippen LogP contribution in [0.3, 0.4) is 0 Å². The van der Waals surface area contributed by atoms with Crippen molar-refractivity contribution in [1.82, 2.24) is 0 Å². The zero-order valence-corrected chi connectivity index (χ0v) is 14.3. The highest BCUT2D eigenvalue weighted by atomic mass is 35.5. The number of rotatable bonds is 12. The van der Waals surface area contributed by atoms with Gasteiger partial charge in [-0.05, 0) is 0 Å². The number of halogens is 3. The van der Waals surface area contributed by atoms with E-state index in [4.69, 9.17) is 39.9 Å². The number of aliphatic hydroxyl groups is 1. The van der Waals surface area contributed by atoms with Gasteiger partial charge in [0, 0.05) is 45.8 Å². The fourth-order valence-corrected chi connectivity index (χ4v) is 5.20. The quantitative estimate of drug-likeness (QED) is 0.425. The first-order chi connectivity index (χ1) is 8.24. The van der Waals surface area contributed by atoms with Gasteiger partial charge in [0.15, 0.2) is 0 Å². The summed E-state index contributed by atoms with van der Waals surface area (Å²) in [6, 6.07) is 0. The molecule has 0 fully saturated rings. The zero-order valence-electron chi connectivity index (χ0n) is 9.62. The summed E-state index contributed by atoms with van der Waals surface area (Å²) >= 11 is 23.1. The van der Waals surface area contributed by atoms with Crippen LogP contribution in [0.4, 0.5) is 0 Å². The summed E-state index contributed by atoms with van der Waals surface area (Å²) in [6.07, 6.45) is 0. The fourth-order valence-electron chi connectivity index (χ4n) is 1.000. The van der Waals surface area contributed by atoms with E-state index >= 15 is 0 Å². The molecule has 0 bridgehead atoms. The van der Waals surface area contributed by atoms with E-state index in [-0.39, 0.29) is 12.0 Å². The van der Waals surface area contributed by atoms with Gasteiger partial charge in [-0.3, -0.25) is 0 Å². The molecule has 0 aliphatic rings. The van der Waals surface area contributed by atoms with Crippen LogP contribution in [0.15, 0.2) is 0 Å². The number of thioether (sulfide) groups is 3. The Morgan fingerprint density at radius 2 is 1.71 bits per heavy atom. The molecule has 0 saturated heterocycles. The molecule has 0 aromatic rings. The maximum atomic E-state index is 8.65. The topological polar surface area (TPSA) is 20.2 Å². The lowest BCUT2D eigenvalue weighted by molar-refractivity contribution is 0.322. The normalized spacial score (nSPS) is 14.8. The Bertz CT molecular complexity index is 166. The Morgan fingerprint density at radius 3 is 2.29 bits per heavy atom. The molecule has 0 spiro atoms. The molecule has 0 aromatic carbocycles. The number of hydrogen-bond acceptors (Lipinski definition) is 4. The third-order valence-electron chi connectivity index (χ3n) is 1.74. The third kappa shape index (κ3) is 12.6. The van der Waals surface area contributed by atoms with Gasteiger partial charge in [0.1, 0.15) is 0 Å². The van der Waals surface area contributed by atoms with Crippen LogP contribution in [0.5, 0.6) is 0 Å². The second-order valence-corrected chi connectivity index (χ2v) is 8.21. The van der Waals surface area contributed by atoms with Crippen molar-refractivity contribution in [3.63, 3.8) is 0 Å². The van der Waals surface area contributed by atoms with Crippen molar-refractivity contribution in [1.29, 1.82) is 0 Å². The standard InChI is InChI=1S/C10H19Cl3OS3/c11-1-3-17-10(5-12)8-16-7-9(13)6-15-4-2-14/h9-10,14H,1-8H2. The van der Waals surface area contributed by atoms with Crippen molar-refractivity contribution in [3.8, 4) is 0 Å². The SMILES string of the molecule is OCCSCC(Cl)CSCC(CCl)SCCCl. The highest BCUT2D eigenvalue weighted by molar-refractivity contribution is 8.03. The number of alkyl halides is 3. The van der Waals surface area contributed by atoms with E-state index < -0.39 is 0 Å². The summed E-state index contributed by atoms with van der Waals surface area (Å²) in [6.45, 7) is 0.227. The van der Waals surface area contributed by atoms with E-state index in [0.717, 1.165) is 28.8 Å². The highest BCUT2D eigenvalue weighted by Gasteiger charge is 2.10. The molecule has 0 saturated carbocycles. The van der Waals surface area contributed by atoms with Crippen LogP contribution in [0.25, 0.3) is 0 Å². The van der Waals surface area contributed by atoms with Crippen LogP contribution in [0.1, 0.15) is 0 Å². The third-order valence-corrected chi connectivity index (χ3v) is 7.22. The van der Waals surface area contributed by atoms with Gasteiger partial charge in [-0.15, -0.1) is 34.8 Å². The summed E-state index contributed by atoms with van der Waals surface area (Å²) in [5.74, 6) is 5.93. The molecule has 0 aromatic heterocycles. The molecule has 2 unspecified atom stereocenters. The van der Waals surface area contributed by atoms with Gasteiger partial charge < -0.3 is 5.11 Å². The Kier molecular flexibility index (Phi) is 15.9. The molecule has 0 rings (SSSR count). The molecule has 17 heavy (non-hydrogen) atoms. The molecule has 1 nitrogen and oxygen atoms in total. The second kappa shape index (κ2) is 14.3. The first-order valence-corrected chi connectivity index (χ1v) is 10.2. The van der Waals surface area contributed by atoms with E-state index in [9.17, 15) is 0 Å². The van der Waals surface area contributed by atoms with Gasteiger partial charge in [-0.2, -0.15) is 35.3 Å². The fraction of sp³-hybridized carbons (Fsp3) is 1.00. The molecule has 1 N–H and O–H groups in total. The molecule has 0 aliphatic carbocycles. The van der Waals surface area contributed by atoms with Crippen molar-refractivity contribution < 1.29 is 5.11 Å². The van der Waals surface area contributed by atoms with E-state index in [0.29, 0.717) is 17.0 Å². The van der Waals surface area contributed by atoms with Crippen molar-refractivity contribution in [2.45, 2.75) is 10.6 Å². The summed E-state index contributed by atoms with van der Waals surface area (Å²) in [5, 5.41) is 9.28. The van der Waals surface area contributed by atoms with Crippen LogP contribution < -0.4 is 0 Å². The molecule has 7 heteroatoms. The van der Waals surface area contributed by atoms with Crippen LogP contribution in [0, 0.1) is 0 Å². The summed E-state index contributed by atoms with van der Waals surface area (Å²) in [4.78, 5) is 0. The van der Waals surface area contributed by atoms with Gasteiger partial charge in [0.05, 0.1) is 12.0 Å². The van der Waals surface area contributed by atoms with Gasteiger partial charge in [-0.25, -0.2) is 0 Å². The first kappa shape index (κ1) is 18.9. The Balaban J connectivity index is 3.45. The van der Waals surface area contributed by atoms with Gasteiger partial charge in [0.25, 0.3) is 0 Å². The predicted octanol–water partition coefficient (Wildman–Crippen LogP) is 3.63. The van der Waals surface area contributed by atoms with Crippen molar-refractivity contribution >= 4 is 70.1 Å². The molecule has 2 atom stereocenters. The molecular formula is C10H19Cl3OS3. The van der Waals surface area contributed by atoms with E-state index in [2.05, 4.69) is 0 Å². The highest BCUT2D eigenvalue weighted by Crippen LogP contribution is 2.21. The molecular weight excluding hydrogens is 339 g/mol. The zero-order chi connectivity index (χ0) is 12.9. The minimum atomic E-state index is 0.172. The first-order valence-electron chi connectivity index (χ1n) is 5.38. The summed E-state index contributed by atoms with van der Waals surface area (Å²) < 4.78 is 0. The van der Waals surface area contributed by atoms with Crippen molar-refractivity contribution in [3.05, 3.63) is 0 Å². The largest absolute Gasteiger partial charge is 0.396 e. The molecule has 0 radical (unpaired) electrons. The Morgan fingerprint density at radius 1 is 1.00 bits per heavy atom. The lowest BCUT2D eigenvalue weighted by Gasteiger charge is -2.14. The summed E-state index contributed by atoms with van der Waals surface area (Å²) in [7, 11) is 0. The molecule has 0 amide bonds. The maximum absolute atomic E-state index is 8.65. The second-order valence-electron chi connectivity index (χ2n) is 3.27. The van der Waals surface area contributed by atoms with Gasteiger partial charge in [-0.1, -0.05) is 0 Å². The van der Waals surface area contributed by atoms with E-state index in [1.54, 1.807) is 11.8 Å². The van der Waals surface area contributed by atoms with E-state index in [1.165, 1.54) is 0 Å². The van der Waals surface area contributed by atoms with Crippen molar-refractivity contribution in [2.75, 3.05) is 47.1 Å². The van der Waals surface area contributed by atoms with Crippen molar-refractivity contribution in [2.24, 2.45) is 0 Å². The van der Waals surface area contributed by atoms with Gasteiger partial charge >= 0.3 is 0 Å².